The van der Waals surface area contributed by atoms with Crippen molar-refractivity contribution >= 4 is 18.2 Å². The van der Waals surface area contributed by atoms with Crippen LogP contribution in [0.1, 0.15) is 51.4 Å². The highest BCUT2D eigenvalue weighted by Gasteiger charge is 2.24. The van der Waals surface area contributed by atoms with E-state index in [9.17, 15) is 14.4 Å². The molecule has 6 nitrogen and oxygen atoms in total. The molecule has 0 bridgehead atoms. The van der Waals surface area contributed by atoms with Gasteiger partial charge in [-0.1, -0.05) is 25.7 Å². The van der Waals surface area contributed by atoms with Crippen LogP contribution in [0.15, 0.2) is 0 Å². The highest BCUT2D eigenvalue weighted by Crippen LogP contribution is 2.17. The van der Waals surface area contributed by atoms with Crippen molar-refractivity contribution in [1.29, 1.82) is 0 Å². The summed E-state index contributed by atoms with van der Waals surface area (Å²) in [6.07, 6.45) is 9.17. The summed E-state index contributed by atoms with van der Waals surface area (Å²) >= 11 is 0. The number of imide groups is 1. The van der Waals surface area contributed by atoms with Gasteiger partial charge in [0.15, 0.2) is 0 Å². The van der Waals surface area contributed by atoms with Gasteiger partial charge >= 0.3 is 6.03 Å². The van der Waals surface area contributed by atoms with Crippen molar-refractivity contribution in [3.63, 3.8) is 0 Å². The molecule has 1 aliphatic heterocycles. The lowest BCUT2D eigenvalue weighted by Crippen LogP contribution is -2.50. The second kappa shape index (κ2) is 8.12. The fraction of sp³-hybridized carbons (Fsp3) is 0.800. The Morgan fingerprint density at radius 2 is 1.76 bits per heavy atom. The molecule has 1 atom stereocenters. The van der Waals surface area contributed by atoms with Gasteiger partial charge in [0.25, 0.3) is 0 Å². The molecule has 0 spiro atoms. The maximum Gasteiger partial charge on any atom is 0.321 e. The average Bonchev–Trinajstić information content (AvgIpc) is 2.48. The molecule has 1 saturated heterocycles. The first kappa shape index (κ1) is 15.9. The van der Waals surface area contributed by atoms with Gasteiger partial charge < -0.3 is 10.1 Å². The maximum absolute atomic E-state index is 11.9. The molecule has 2 rings (SSSR count). The van der Waals surface area contributed by atoms with E-state index in [0.717, 1.165) is 57.8 Å². The van der Waals surface area contributed by atoms with E-state index >= 15 is 0 Å². The first-order valence-electron chi connectivity index (χ1n) is 7.98. The van der Waals surface area contributed by atoms with Crippen LogP contribution in [-0.2, 0) is 9.59 Å². The molecule has 6 heteroatoms. The zero-order valence-corrected chi connectivity index (χ0v) is 12.5. The Morgan fingerprint density at radius 3 is 2.48 bits per heavy atom. The number of nitrogens with zero attached hydrogens (tertiary/aromatic N) is 1. The van der Waals surface area contributed by atoms with Crippen molar-refractivity contribution in [2.24, 2.45) is 0 Å². The second-order valence-electron chi connectivity index (χ2n) is 6.03. The van der Waals surface area contributed by atoms with E-state index in [1.807, 2.05) is 4.90 Å². The smallest absolute Gasteiger partial charge is 0.321 e. The van der Waals surface area contributed by atoms with Crippen LogP contribution in [-0.4, -0.2) is 48.3 Å². The summed E-state index contributed by atoms with van der Waals surface area (Å²) in [5.41, 5.74) is 0. The lowest BCUT2D eigenvalue weighted by molar-refractivity contribution is -0.123. The summed E-state index contributed by atoms with van der Waals surface area (Å²) in [5, 5.41) is 5.23. The van der Waals surface area contributed by atoms with Gasteiger partial charge in [-0.2, -0.15) is 0 Å². The third-order valence-electron chi connectivity index (χ3n) is 4.36. The Hall–Kier alpha value is -1.43. The number of amides is 3. The zero-order chi connectivity index (χ0) is 15.1. The minimum atomic E-state index is -0.411. The van der Waals surface area contributed by atoms with Gasteiger partial charge in [0.2, 0.25) is 5.91 Å². The van der Waals surface area contributed by atoms with Crippen LogP contribution < -0.4 is 10.6 Å². The minimum Gasteiger partial charge on any atom is -0.335 e. The quantitative estimate of drug-likeness (QED) is 0.764. The van der Waals surface area contributed by atoms with Gasteiger partial charge in [-0.3, -0.25) is 15.0 Å². The fourth-order valence-electron chi connectivity index (χ4n) is 3.19. The van der Waals surface area contributed by atoms with E-state index in [2.05, 4.69) is 10.6 Å². The Labute approximate surface area is 125 Å². The number of nitrogens with one attached hydrogen (secondary N) is 2. The molecule has 1 saturated carbocycles. The highest BCUT2D eigenvalue weighted by atomic mass is 16.2. The van der Waals surface area contributed by atoms with E-state index in [4.69, 9.17) is 0 Å². The number of hydrogen-bond donors (Lipinski definition) is 2. The molecule has 1 heterocycles. The van der Waals surface area contributed by atoms with Crippen LogP contribution in [0.3, 0.4) is 0 Å². The van der Waals surface area contributed by atoms with Gasteiger partial charge in [0.1, 0.15) is 6.29 Å². The van der Waals surface area contributed by atoms with Crippen LogP contribution in [0, 0.1) is 0 Å². The first-order valence-corrected chi connectivity index (χ1v) is 7.98. The summed E-state index contributed by atoms with van der Waals surface area (Å²) < 4.78 is 0. The normalized spacial score (nSPS) is 24.3. The lowest BCUT2D eigenvalue weighted by Gasteiger charge is -2.31. The van der Waals surface area contributed by atoms with Gasteiger partial charge in [-0.15, -0.1) is 0 Å². The number of rotatable bonds is 4. The molecule has 3 amide bonds. The van der Waals surface area contributed by atoms with Crippen molar-refractivity contribution in [3.05, 3.63) is 0 Å². The van der Waals surface area contributed by atoms with Gasteiger partial charge in [0.05, 0.1) is 12.6 Å². The molecule has 1 aliphatic carbocycles. The second-order valence-corrected chi connectivity index (χ2v) is 6.03. The summed E-state index contributed by atoms with van der Waals surface area (Å²) in [6.45, 7) is 0.850. The Bertz CT molecular complexity index is 380. The van der Waals surface area contributed by atoms with Crippen LogP contribution in [0.2, 0.25) is 0 Å². The molecule has 21 heavy (non-hydrogen) atoms. The van der Waals surface area contributed by atoms with Crippen molar-refractivity contribution in [3.8, 4) is 0 Å². The molecule has 2 N–H and O–H groups in total. The van der Waals surface area contributed by atoms with E-state index in [-0.39, 0.29) is 24.5 Å². The van der Waals surface area contributed by atoms with Crippen LogP contribution in [0.4, 0.5) is 4.79 Å². The summed E-state index contributed by atoms with van der Waals surface area (Å²) in [7, 11) is 0. The first-order chi connectivity index (χ1) is 10.2. The Morgan fingerprint density at radius 1 is 1.05 bits per heavy atom. The molecule has 0 aromatic carbocycles. The molecule has 0 radical (unpaired) electrons. The molecule has 1 unspecified atom stereocenters. The lowest BCUT2D eigenvalue weighted by atomic mass is 9.96. The highest BCUT2D eigenvalue weighted by molar-refractivity contribution is 5.95. The SMILES string of the molecule is O=CC1CCCCN1CC(=O)NC(=O)NC1CCCCC1. The third-order valence-corrected chi connectivity index (χ3v) is 4.36. The molecule has 0 aromatic rings. The fourth-order valence-corrected chi connectivity index (χ4v) is 3.19. The number of carbonyl (C=O) groups is 3. The standard InChI is InChI=1S/C15H25N3O3/c19-11-13-8-4-5-9-18(13)10-14(20)17-15(21)16-12-6-2-1-3-7-12/h11-13H,1-10H2,(H2,16,17,20,21). The van der Waals surface area contributed by atoms with Crippen LogP contribution in [0.5, 0.6) is 0 Å². The topological polar surface area (TPSA) is 78.5 Å². The minimum absolute atomic E-state index is 0.113. The van der Waals surface area contributed by atoms with Gasteiger partial charge in [0, 0.05) is 6.04 Å². The third kappa shape index (κ3) is 5.12. The van der Waals surface area contributed by atoms with E-state index in [1.165, 1.54) is 6.42 Å². The Balaban J connectivity index is 1.72. The zero-order valence-electron chi connectivity index (χ0n) is 12.5. The molecule has 2 aliphatic rings. The van der Waals surface area contributed by atoms with Crippen molar-refractivity contribution in [2.45, 2.75) is 63.5 Å². The van der Waals surface area contributed by atoms with Crippen molar-refractivity contribution in [2.75, 3.05) is 13.1 Å². The molecular weight excluding hydrogens is 270 g/mol. The van der Waals surface area contributed by atoms with Crippen LogP contribution >= 0.6 is 0 Å². The predicted molar refractivity (Wildman–Crippen MR) is 78.8 cm³/mol. The molecular formula is C15H25N3O3. The van der Waals surface area contributed by atoms with Crippen molar-refractivity contribution < 1.29 is 14.4 Å². The summed E-state index contributed by atoms with van der Waals surface area (Å²) in [6, 6.07) is -0.415. The maximum atomic E-state index is 11.9. The van der Waals surface area contributed by atoms with E-state index < -0.39 is 6.03 Å². The summed E-state index contributed by atoms with van der Waals surface area (Å²) in [5.74, 6) is -0.336. The van der Waals surface area contributed by atoms with E-state index in [0.29, 0.717) is 0 Å². The van der Waals surface area contributed by atoms with E-state index in [1.54, 1.807) is 0 Å². The van der Waals surface area contributed by atoms with Crippen LogP contribution in [0.25, 0.3) is 0 Å². The van der Waals surface area contributed by atoms with Gasteiger partial charge in [-0.25, -0.2) is 4.79 Å². The average molecular weight is 295 g/mol. The summed E-state index contributed by atoms with van der Waals surface area (Å²) in [4.78, 5) is 36.5. The molecule has 0 aromatic heterocycles. The van der Waals surface area contributed by atoms with Gasteiger partial charge in [-0.05, 0) is 32.2 Å². The number of carbonyl (C=O) groups excluding carboxylic acids is 3. The number of hydrogen-bond acceptors (Lipinski definition) is 4. The molecule has 2 fully saturated rings. The molecule has 118 valence electrons. The largest absolute Gasteiger partial charge is 0.335 e. The predicted octanol–water partition coefficient (Wildman–Crippen LogP) is 1.20. The number of aldehydes is 1. The Kier molecular flexibility index (Phi) is 6.17. The van der Waals surface area contributed by atoms with Crippen molar-refractivity contribution in [1.82, 2.24) is 15.5 Å². The number of piperidine rings is 1. The number of likely N-dealkylation sites (tertiary alicyclic amines) is 1. The number of urea groups is 1. The monoisotopic (exact) mass is 295 g/mol.